The highest BCUT2D eigenvalue weighted by Gasteiger charge is 2.33. The zero-order chi connectivity index (χ0) is 20.6. The second-order valence-corrected chi connectivity index (χ2v) is 7.93. The molecule has 2 aliphatic rings. The Kier molecular flexibility index (Phi) is 5.15. The molecule has 6 heteroatoms. The first-order valence-corrected chi connectivity index (χ1v) is 9.83. The van der Waals surface area contributed by atoms with Gasteiger partial charge in [0.1, 0.15) is 11.5 Å². The molecule has 1 atom stereocenters. The summed E-state index contributed by atoms with van der Waals surface area (Å²) < 4.78 is 16.6. The van der Waals surface area contributed by atoms with Gasteiger partial charge in [-0.2, -0.15) is 0 Å². The number of esters is 1. The molecule has 6 nitrogen and oxygen atoms in total. The summed E-state index contributed by atoms with van der Waals surface area (Å²) in [6, 6.07) is 10.4. The number of ketones is 1. The van der Waals surface area contributed by atoms with E-state index in [1.165, 1.54) is 6.07 Å². The summed E-state index contributed by atoms with van der Waals surface area (Å²) in [5.74, 6) is -1.16. The number of rotatable bonds is 4. The zero-order valence-electron chi connectivity index (χ0n) is 16.6. The third-order valence-electron chi connectivity index (χ3n) is 5.29. The van der Waals surface area contributed by atoms with E-state index in [0.717, 1.165) is 5.56 Å². The summed E-state index contributed by atoms with van der Waals surface area (Å²) in [6.07, 6.45) is 1.79. The van der Waals surface area contributed by atoms with E-state index in [4.69, 9.17) is 14.2 Å². The molecule has 1 fully saturated rings. The van der Waals surface area contributed by atoms with Crippen LogP contribution < -0.4 is 4.74 Å². The van der Waals surface area contributed by atoms with E-state index >= 15 is 0 Å². The van der Waals surface area contributed by atoms with Crippen LogP contribution in [0.2, 0.25) is 0 Å². The van der Waals surface area contributed by atoms with Crippen molar-refractivity contribution in [3.63, 3.8) is 0 Å². The van der Waals surface area contributed by atoms with Gasteiger partial charge in [-0.05, 0) is 50.3 Å². The summed E-state index contributed by atoms with van der Waals surface area (Å²) in [5, 5.41) is 10.5. The monoisotopic (exact) mass is 396 g/mol. The number of hydrogen-bond donors (Lipinski definition) is 1. The summed E-state index contributed by atoms with van der Waals surface area (Å²) in [6.45, 7) is 4.12. The first kappa shape index (κ1) is 19.6. The molecule has 29 heavy (non-hydrogen) atoms. The molecule has 1 heterocycles. The Hall–Kier alpha value is -2.70. The van der Waals surface area contributed by atoms with Gasteiger partial charge < -0.3 is 19.3 Å². The van der Waals surface area contributed by atoms with Crippen LogP contribution in [0.25, 0.3) is 0 Å². The molecule has 1 N–H and O–H groups in total. The number of phenolic OH excluding ortho intramolecular Hbond substituents is 1. The molecule has 0 radical (unpaired) electrons. The van der Waals surface area contributed by atoms with Crippen LogP contribution in [0.4, 0.5) is 0 Å². The lowest BCUT2D eigenvalue weighted by atomic mass is 9.98. The van der Waals surface area contributed by atoms with E-state index in [-0.39, 0.29) is 35.4 Å². The van der Waals surface area contributed by atoms with Crippen molar-refractivity contribution in [3.05, 3.63) is 58.7 Å². The van der Waals surface area contributed by atoms with Crippen LogP contribution >= 0.6 is 0 Å². The van der Waals surface area contributed by atoms with Gasteiger partial charge in [0.05, 0.1) is 18.3 Å². The number of aromatic hydroxyl groups is 1. The molecule has 0 aromatic heterocycles. The van der Waals surface area contributed by atoms with Gasteiger partial charge in [-0.15, -0.1) is 0 Å². The predicted octanol–water partition coefficient (Wildman–Crippen LogP) is 3.56. The van der Waals surface area contributed by atoms with Crippen LogP contribution in [0.1, 0.15) is 53.7 Å². The number of phenols is 1. The van der Waals surface area contributed by atoms with Crippen molar-refractivity contribution in [2.45, 2.75) is 51.4 Å². The molecule has 1 saturated heterocycles. The summed E-state index contributed by atoms with van der Waals surface area (Å²) in [7, 11) is 0. The molecule has 0 bridgehead atoms. The number of carbonyl (C=O) groups excluding carboxylic acids is 2. The number of fused-ring (bicyclic) bond motifs is 2. The minimum absolute atomic E-state index is 0.144. The van der Waals surface area contributed by atoms with Gasteiger partial charge in [-0.25, -0.2) is 0 Å². The molecular formula is C23H24O6. The average molecular weight is 396 g/mol. The largest absolute Gasteiger partial charge is 0.507 e. The number of aryl methyl sites for hydroxylation is 2. The van der Waals surface area contributed by atoms with E-state index in [0.29, 0.717) is 37.0 Å². The third kappa shape index (κ3) is 4.18. The van der Waals surface area contributed by atoms with Gasteiger partial charge >= 0.3 is 5.97 Å². The smallest absolute Gasteiger partial charge is 0.311 e. The van der Waals surface area contributed by atoms with Crippen molar-refractivity contribution in [2.24, 2.45) is 0 Å². The molecule has 4 rings (SSSR count). The molecule has 1 unspecified atom stereocenters. The van der Waals surface area contributed by atoms with Gasteiger partial charge in [0.15, 0.2) is 11.6 Å². The van der Waals surface area contributed by atoms with Crippen LogP contribution in [0.15, 0.2) is 36.4 Å². The highest BCUT2D eigenvalue weighted by Crippen LogP contribution is 2.34. The molecule has 0 amide bonds. The third-order valence-corrected chi connectivity index (χ3v) is 5.29. The van der Waals surface area contributed by atoms with Crippen molar-refractivity contribution in [1.29, 1.82) is 0 Å². The topological polar surface area (TPSA) is 82.1 Å². The second kappa shape index (κ2) is 7.61. The Labute approximate surface area is 169 Å². The average Bonchev–Trinajstić information content (AvgIpc) is 2.95. The fraction of sp³-hybridized carbons (Fsp3) is 0.391. The van der Waals surface area contributed by atoms with Gasteiger partial charge in [-0.1, -0.05) is 24.3 Å². The highest BCUT2D eigenvalue weighted by atomic mass is 16.7. The van der Waals surface area contributed by atoms with E-state index in [1.54, 1.807) is 12.1 Å². The second-order valence-electron chi connectivity index (χ2n) is 7.93. The molecule has 0 spiro atoms. The number of ether oxygens (including phenoxy) is 3. The molecule has 0 saturated carbocycles. The van der Waals surface area contributed by atoms with Gasteiger partial charge in [0.2, 0.25) is 0 Å². The lowest BCUT2D eigenvalue weighted by molar-refractivity contribution is -0.143. The summed E-state index contributed by atoms with van der Waals surface area (Å²) in [4.78, 5) is 25.1. The van der Waals surface area contributed by atoms with Crippen molar-refractivity contribution < 1.29 is 28.9 Å². The zero-order valence-corrected chi connectivity index (χ0v) is 16.6. The van der Waals surface area contributed by atoms with Crippen molar-refractivity contribution >= 4 is 11.8 Å². The minimum atomic E-state index is -0.624. The molecule has 2 aromatic rings. The fourth-order valence-corrected chi connectivity index (χ4v) is 3.91. The number of hydrogen-bond acceptors (Lipinski definition) is 6. The first-order chi connectivity index (χ1) is 13.8. The fourth-order valence-electron chi connectivity index (χ4n) is 3.91. The Balaban J connectivity index is 1.46. The van der Waals surface area contributed by atoms with Gasteiger partial charge in [0.25, 0.3) is 0 Å². The maximum atomic E-state index is 12.9. The maximum absolute atomic E-state index is 12.9. The number of carbonyl (C=O) groups is 2. The summed E-state index contributed by atoms with van der Waals surface area (Å²) in [5.41, 5.74) is 2.53. The van der Waals surface area contributed by atoms with Crippen LogP contribution in [0.5, 0.6) is 11.5 Å². The molecule has 1 aliphatic heterocycles. The lowest BCUT2D eigenvalue weighted by Crippen LogP contribution is -2.22. The van der Waals surface area contributed by atoms with Gasteiger partial charge in [-0.3, -0.25) is 9.59 Å². The quantitative estimate of drug-likeness (QED) is 0.629. The highest BCUT2D eigenvalue weighted by molar-refractivity contribution is 6.13. The van der Waals surface area contributed by atoms with Crippen molar-refractivity contribution in [2.75, 3.05) is 6.61 Å². The first-order valence-electron chi connectivity index (χ1n) is 9.83. The Morgan fingerprint density at radius 1 is 1.21 bits per heavy atom. The van der Waals surface area contributed by atoms with Crippen molar-refractivity contribution in [3.8, 4) is 11.5 Å². The van der Waals surface area contributed by atoms with E-state index in [9.17, 15) is 14.7 Å². The lowest BCUT2D eigenvalue weighted by Gasteiger charge is -2.16. The SMILES string of the molecule is CC1(C)OCC(CCC(=O)Oc2cc(O)c3c(c2)CCc2ccccc2C3=O)O1. The Morgan fingerprint density at radius 3 is 2.72 bits per heavy atom. The Morgan fingerprint density at radius 2 is 1.97 bits per heavy atom. The number of benzene rings is 2. The molecular weight excluding hydrogens is 372 g/mol. The van der Waals surface area contributed by atoms with Crippen molar-refractivity contribution in [1.82, 2.24) is 0 Å². The van der Waals surface area contributed by atoms with Crippen LogP contribution in [0.3, 0.4) is 0 Å². The van der Waals surface area contributed by atoms with E-state index in [1.807, 2.05) is 32.0 Å². The normalized spacial score (nSPS) is 19.9. The maximum Gasteiger partial charge on any atom is 0.311 e. The summed E-state index contributed by atoms with van der Waals surface area (Å²) >= 11 is 0. The molecule has 2 aromatic carbocycles. The van der Waals surface area contributed by atoms with Gasteiger partial charge in [0, 0.05) is 18.1 Å². The predicted molar refractivity (Wildman–Crippen MR) is 105 cm³/mol. The van der Waals surface area contributed by atoms with E-state index in [2.05, 4.69) is 0 Å². The van der Waals surface area contributed by atoms with Crippen LogP contribution in [-0.4, -0.2) is 35.4 Å². The molecule has 152 valence electrons. The minimum Gasteiger partial charge on any atom is -0.507 e. The standard InChI is InChI=1S/C23H24O6/c1-23(2)27-13-16(29-23)9-10-20(25)28-17-11-15-8-7-14-5-3-4-6-18(14)22(26)21(15)19(24)12-17/h3-6,11-12,16,24H,7-10,13H2,1-2H3. The Bertz CT molecular complexity index is 962. The van der Waals surface area contributed by atoms with Crippen LogP contribution in [-0.2, 0) is 27.1 Å². The van der Waals surface area contributed by atoms with Crippen LogP contribution in [0, 0.1) is 0 Å². The molecule has 1 aliphatic carbocycles. The van der Waals surface area contributed by atoms with E-state index < -0.39 is 11.8 Å².